The summed E-state index contributed by atoms with van der Waals surface area (Å²) in [5.41, 5.74) is 2.35. The van der Waals surface area contributed by atoms with Gasteiger partial charge in [0.1, 0.15) is 0 Å². The van der Waals surface area contributed by atoms with Gasteiger partial charge in [-0.05, 0) is 30.0 Å². The van der Waals surface area contributed by atoms with E-state index >= 15 is 0 Å². The van der Waals surface area contributed by atoms with Crippen LogP contribution in [0.5, 0.6) is 0 Å². The number of carbonyl (C=O) groups excluding carboxylic acids is 1. The van der Waals surface area contributed by atoms with Gasteiger partial charge in [0, 0.05) is 6.42 Å². The van der Waals surface area contributed by atoms with Crippen LogP contribution in [0.3, 0.4) is 0 Å². The molecule has 0 bridgehead atoms. The van der Waals surface area contributed by atoms with Crippen LogP contribution in [0, 0.1) is 0 Å². The maximum Gasteiger partial charge on any atom is 0.310 e. The molecule has 0 aliphatic carbocycles. The predicted molar refractivity (Wildman–Crippen MR) is 80.1 cm³/mol. The first-order valence-corrected chi connectivity index (χ1v) is 6.77. The van der Waals surface area contributed by atoms with Crippen LogP contribution in [0.2, 0.25) is 0 Å². The molecule has 2 heteroatoms. The molecule has 2 aromatic carbocycles. The summed E-state index contributed by atoms with van der Waals surface area (Å²) in [5, 5.41) is 0. The molecule has 0 amide bonds. The Morgan fingerprint density at radius 1 is 0.900 bits per heavy atom. The smallest absolute Gasteiger partial charge is 0.310 e. The second-order valence-corrected chi connectivity index (χ2v) is 4.54. The number of carbonyl (C=O) groups is 1. The predicted octanol–water partition coefficient (Wildman–Crippen LogP) is 3.92. The normalized spacial score (nSPS) is 10.6. The highest BCUT2D eigenvalue weighted by Gasteiger charge is 2.01. The first kappa shape index (κ1) is 14.1. The Kier molecular flexibility index (Phi) is 5.59. The maximum atomic E-state index is 11.6. The Morgan fingerprint density at radius 3 is 2.15 bits per heavy atom. The van der Waals surface area contributed by atoms with Crippen LogP contribution in [0.25, 0.3) is 0 Å². The highest BCUT2D eigenvalue weighted by Crippen LogP contribution is 2.04. The first-order valence-electron chi connectivity index (χ1n) is 6.77. The van der Waals surface area contributed by atoms with Crippen molar-refractivity contribution in [2.24, 2.45) is 0 Å². The molecule has 0 saturated carbocycles. The fourth-order valence-electron chi connectivity index (χ4n) is 1.87. The second-order valence-electron chi connectivity index (χ2n) is 4.54. The molecule has 0 aliphatic heterocycles. The Balaban J connectivity index is 1.67. The largest absolute Gasteiger partial charge is 0.435 e. The first-order chi connectivity index (χ1) is 9.84. The lowest BCUT2D eigenvalue weighted by atomic mass is 10.1. The topological polar surface area (TPSA) is 26.3 Å². The summed E-state index contributed by atoms with van der Waals surface area (Å²) < 4.78 is 5.07. The molecule has 0 fully saturated rings. The summed E-state index contributed by atoms with van der Waals surface area (Å²) in [4.78, 5) is 11.6. The van der Waals surface area contributed by atoms with E-state index in [9.17, 15) is 4.79 Å². The van der Waals surface area contributed by atoms with Crippen LogP contribution in [-0.2, 0) is 22.4 Å². The van der Waals surface area contributed by atoms with Crippen molar-refractivity contribution < 1.29 is 9.53 Å². The van der Waals surface area contributed by atoms with Gasteiger partial charge in [0.25, 0.3) is 0 Å². The molecule has 0 radical (unpaired) electrons. The minimum Gasteiger partial charge on any atom is -0.435 e. The van der Waals surface area contributed by atoms with E-state index in [0.29, 0.717) is 12.8 Å². The highest BCUT2D eigenvalue weighted by molar-refractivity contribution is 5.70. The molecule has 2 aromatic rings. The van der Waals surface area contributed by atoms with Gasteiger partial charge in [-0.2, -0.15) is 0 Å². The van der Waals surface area contributed by atoms with E-state index in [2.05, 4.69) is 0 Å². The van der Waals surface area contributed by atoms with Crippen LogP contribution in [-0.4, -0.2) is 5.97 Å². The fraction of sp³-hybridized carbons (Fsp3) is 0.167. The molecule has 2 nitrogen and oxygen atoms in total. The summed E-state index contributed by atoms with van der Waals surface area (Å²) in [6.07, 6.45) is 5.23. The number of allylic oxidation sites excluding steroid dienone is 1. The summed E-state index contributed by atoms with van der Waals surface area (Å²) in [5.74, 6) is -0.196. The van der Waals surface area contributed by atoms with Crippen molar-refractivity contribution >= 4 is 5.97 Å². The zero-order valence-electron chi connectivity index (χ0n) is 11.4. The van der Waals surface area contributed by atoms with Crippen LogP contribution in [0.4, 0.5) is 0 Å². The Morgan fingerprint density at radius 2 is 1.50 bits per heavy atom. The molecule has 0 heterocycles. The number of aryl methyl sites for hydroxylation is 1. The molecule has 0 saturated heterocycles. The average molecular weight is 266 g/mol. The van der Waals surface area contributed by atoms with Crippen molar-refractivity contribution in [1.29, 1.82) is 0 Å². The third kappa shape index (κ3) is 5.11. The Hall–Kier alpha value is -2.35. The van der Waals surface area contributed by atoms with Crippen LogP contribution in [0.15, 0.2) is 73.0 Å². The highest BCUT2D eigenvalue weighted by atomic mass is 16.5. The number of hydrogen-bond donors (Lipinski definition) is 0. The van der Waals surface area contributed by atoms with Crippen molar-refractivity contribution in [3.05, 3.63) is 84.1 Å². The van der Waals surface area contributed by atoms with Crippen molar-refractivity contribution in [2.45, 2.75) is 19.3 Å². The quantitative estimate of drug-likeness (QED) is 0.585. The number of hydrogen-bond acceptors (Lipinski definition) is 2. The SMILES string of the molecule is O=C(CCc1ccccc1)OC=CCc1ccccc1. The molecule has 2 rings (SSSR count). The molecule has 0 atom stereocenters. The van der Waals surface area contributed by atoms with Gasteiger partial charge in [0.2, 0.25) is 0 Å². The van der Waals surface area contributed by atoms with Gasteiger partial charge in [-0.25, -0.2) is 0 Å². The summed E-state index contributed by atoms with van der Waals surface area (Å²) >= 11 is 0. The zero-order chi connectivity index (χ0) is 14.0. The summed E-state index contributed by atoms with van der Waals surface area (Å²) in [7, 11) is 0. The number of ether oxygens (including phenoxy) is 1. The molecular formula is C18H18O2. The van der Waals surface area contributed by atoms with Gasteiger partial charge in [0.15, 0.2) is 0 Å². The number of benzene rings is 2. The van der Waals surface area contributed by atoms with Crippen LogP contribution < -0.4 is 0 Å². The van der Waals surface area contributed by atoms with Gasteiger partial charge < -0.3 is 4.74 Å². The number of esters is 1. The lowest BCUT2D eigenvalue weighted by Crippen LogP contribution is -2.01. The number of rotatable bonds is 6. The molecule has 0 spiro atoms. The van der Waals surface area contributed by atoms with E-state index in [-0.39, 0.29) is 5.97 Å². The van der Waals surface area contributed by atoms with Crippen molar-refractivity contribution in [2.75, 3.05) is 0 Å². The van der Waals surface area contributed by atoms with Gasteiger partial charge in [0.05, 0.1) is 6.26 Å². The van der Waals surface area contributed by atoms with Crippen LogP contribution >= 0.6 is 0 Å². The lowest BCUT2D eigenvalue weighted by Gasteiger charge is -2.00. The van der Waals surface area contributed by atoms with E-state index in [1.165, 1.54) is 11.8 Å². The van der Waals surface area contributed by atoms with Gasteiger partial charge in [-0.15, -0.1) is 0 Å². The minimum atomic E-state index is -0.196. The minimum absolute atomic E-state index is 0.196. The Bertz CT molecular complexity index is 544. The van der Waals surface area contributed by atoms with Gasteiger partial charge in [-0.3, -0.25) is 4.79 Å². The van der Waals surface area contributed by atoms with Crippen molar-refractivity contribution in [3.8, 4) is 0 Å². The molecule has 0 aliphatic rings. The maximum absolute atomic E-state index is 11.6. The average Bonchev–Trinajstić information content (AvgIpc) is 2.52. The molecule has 20 heavy (non-hydrogen) atoms. The van der Waals surface area contributed by atoms with E-state index in [1.54, 1.807) is 0 Å². The zero-order valence-corrected chi connectivity index (χ0v) is 11.4. The molecule has 102 valence electrons. The molecule has 0 N–H and O–H groups in total. The molecular weight excluding hydrogens is 248 g/mol. The monoisotopic (exact) mass is 266 g/mol. The third-order valence-electron chi connectivity index (χ3n) is 2.95. The summed E-state index contributed by atoms with van der Waals surface area (Å²) in [6, 6.07) is 20.0. The fourth-order valence-corrected chi connectivity index (χ4v) is 1.87. The standard InChI is InChI=1S/C18H18O2/c19-18(14-13-17-10-5-2-6-11-17)20-15-7-12-16-8-3-1-4-9-16/h1-11,15H,12-14H2. The summed E-state index contributed by atoms with van der Waals surface area (Å²) in [6.45, 7) is 0. The van der Waals surface area contributed by atoms with Crippen molar-refractivity contribution in [3.63, 3.8) is 0 Å². The van der Waals surface area contributed by atoms with Gasteiger partial charge in [-0.1, -0.05) is 60.7 Å². The van der Waals surface area contributed by atoms with E-state index in [4.69, 9.17) is 4.74 Å². The Labute approximate surface area is 119 Å². The third-order valence-corrected chi connectivity index (χ3v) is 2.95. The van der Waals surface area contributed by atoms with Gasteiger partial charge >= 0.3 is 5.97 Å². The van der Waals surface area contributed by atoms with Crippen molar-refractivity contribution in [1.82, 2.24) is 0 Å². The van der Waals surface area contributed by atoms with E-state index in [1.807, 2.05) is 66.7 Å². The molecule has 0 unspecified atom stereocenters. The lowest BCUT2D eigenvalue weighted by molar-refractivity contribution is -0.137. The molecule has 0 aromatic heterocycles. The van der Waals surface area contributed by atoms with Crippen LogP contribution in [0.1, 0.15) is 17.5 Å². The van der Waals surface area contributed by atoms with E-state index in [0.717, 1.165) is 12.0 Å². The second kappa shape index (κ2) is 7.95. The van der Waals surface area contributed by atoms with E-state index < -0.39 is 0 Å².